The van der Waals surface area contributed by atoms with Gasteiger partial charge in [-0.3, -0.25) is 4.79 Å². The van der Waals surface area contributed by atoms with Gasteiger partial charge in [0, 0.05) is 28.0 Å². The van der Waals surface area contributed by atoms with Gasteiger partial charge in [0.25, 0.3) is 5.91 Å². The first-order valence-corrected chi connectivity index (χ1v) is 10.1. The first-order valence-electron chi connectivity index (χ1n) is 9.30. The van der Waals surface area contributed by atoms with E-state index in [1.165, 1.54) is 0 Å². The first-order chi connectivity index (χ1) is 14.4. The lowest BCUT2D eigenvalue weighted by Gasteiger charge is -2.14. The highest BCUT2D eigenvalue weighted by atomic mass is 35.5. The molecule has 0 saturated carbocycles. The maximum atomic E-state index is 12.3. The largest absolute Gasteiger partial charge is 0.493 e. The molecule has 1 amide bonds. The SMILES string of the molecule is COc1cc(CNc2cccc(Cl)c2)ccc1OCC(=O)Nc1cc(Cl)ccc1C. The van der Waals surface area contributed by atoms with E-state index in [1.54, 1.807) is 25.3 Å². The normalized spacial score (nSPS) is 10.4. The predicted molar refractivity (Wildman–Crippen MR) is 122 cm³/mol. The number of rotatable bonds is 8. The van der Waals surface area contributed by atoms with Gasteiger partial charge in [-0.15, -0.1) is 0 Å². The zero-order valence-corrected chi connectivity index (χ0v) is 18.2. The van der Waals surface area contributed by atoms with Crippen LogP contribution in [0.5, 0.6) is 11.5 Å². The van der Waals surface area contributed by atoms with E-state index in [2.05, 4.69) is 10.6 Å². The van der Waals surface area contributed by atoms with Crippen molar-refractivity contribution in [2.24, 2.45) is 0 Å². The molecule has 0 saturated heterocycles. The minimum absolute atomic E-state index is 0.150. The van der Waals surface area contributed by atoms with E-state index in [1.807, 2.05) is 49.4 Å². The first kappa shape index (κ1) is 21.8. The number of halogens is 2. The minimum Gasteiger partial charge on any atom is -0.493 e. The Balaban J connectivity index is 1.59. The zero-order valence-electron chi connectivity index (χ0n) is 16.7. The molecular weight excluding hydrogens is 423 g/mol. The van der Waals surface area contributed by atoms with Gasteiger partial charge in [-0.05, 0) is 60.5 Å². The molecule has 2 N–H and O–H groups in total. The molecule has 30 heavy (non-hydrogen) atoms. The van der Waals surface area contributed by atoms with Crippen LogP contribution < -0.4 is 20.1 Å². The molecule has 0 spiro atoms. The van der Waals surface area contributed by atoms with Gasteiger partial charge < -0.3 is 20.1 Å². The molecule has 0 aliphatic carbocycles. The number of hydrogen-bond acceptors (Lipinski definition) is 4. The molecule has 0 radical (unpaired) electrons. The Labute approximate surface area is 185 Å². The van der Waals surface area contributed by atoms with Crippen LogP contribution in [0.15, 0.2) is 60.7 Å². The maximum absolute atomic E-state index is 12.3. The Bertz CT molecular complexity index is 1040. The van der Waals surface area contributed by atoms with Crippen LogP contribution in [0.25, 0.3) is 0 Å². The molecule has 0 heterocycles. The molecule has 0 aliphatic rings. The number of ether oxygens (including phenoxy) is 2. The Morgan fingerprint density at radius 3 is 2.53 bits per heavy atom. The average Bonchev–Trinajstić information content (AvgIpc) is 2.73. The van der Waals surface area contributed by atoms with Crippen LogP contribution in [0.2, 0.25) is 10.0 Å². The fourth-order valence-corrected chi connectivity index (χ4v) is 3.16. The van der Waals surface area contributed by atoms with Gasteiger partial charge >= 0.3 is 0 Å². The number of anilines is 2. The van der Waals surface area contributed by atoms with Crippen molar-refractivity contribution in [3.8, 4) is 11.5 Å². The monoisotopic (exact) mass is 444 g/mol. The van der Waals surface area contributed by atoms with E-state index in [4.69, 9.17) is 32.7 Å². The zero-order chi connectivity index (χ0) is 21.5. The van der Waals surface area contributed by atoms with Crippen molar-refractivity contribution in [2.75, 3.05) is 24.4 Å². The van der Waals surface area contributed by atoms with E-state index in [9.17, 15) is 4.79 Å². The molecule has 0 bridgehead atoms. The molecule has 0 aliphatic heterocycles. The number of carbonyl (C=O) groups excluding carboxylic acids is 1. The standard InChI is InChI=1S/C23H22Cl2N2O3/c1-15-6-8-18(25)12-20(15)27-23(28)14-30-21-9-7-16(10-22(21)29-2)13-26-19-5-3-4-17(24)11-19/h3-12,26H,13-14H2,1-2H3,(H,27,28). The summed E-state index contributed by atoms with van der Waals surface area (Å²) in [5.74, 6) is 0.753. The summed E-state index contributed by atoms with van der Waals surface area (Å²) in [6, 6.07) is 18.4. The second kappa shape index (κ2) is 10.2. The number of carbonyl (C=O) groups is 1. The Morgan fingerprint density at radius 2 is 1.77 bits per heavy atom. The predicted octanol–water partition coefficient (Wildman–Crippen LogP) is 5.94. The van der Waals surface area contributed by atoms with E-state index in [-0.39, 0.29) is 12.5 Å². The molecule has 3 aromatic carbocycles. The lowest BCUT2D eigenvalue weighted by Crippen LogP contribution is -2.20. The second-order valence-electron chi connectivity index (χ2n) is 6.65. The van der Waals surface area contributed by atoms with E-state index in [0.29, 0.717) is 33.8 Å². The van der Waals surface area contributed by atoms with Crippen LogP contribution in [-0.2, 0) is 11.3 Å². The summed E-state index contributed by atoms with van der Waals surface area (Å²) in [5, 5.41) is 7.34. The van der Waals surface area contributed by atoms with Crippen molar-refractivity contribution in [1.29, 1.82) is 0 Å². The summed E-state index contributed by atoms with van der Waals surface area (Å²) < 4.78 is 11.1. The van der Waals surface area contributed by atoms with Crippen molar-refractivity contribution < 1.29 is 14.3 Å². The number of aryl methyl sites for hydroxylation is 1. The van der Waals surface area contributed by atoms with Crippen molar-refractivity contribution in [2.45, 2.75) is 13.5 Å². The minimum atomic E-state index is -0.283. The molecule has 0 aromatic heterocycles. The van der Waals surface area contributed by atoms with Crippen LogP contribution in [0, 0.1) is 6.92 Å². The average molecular weight is 445 g/mol. The summed E-state index contributed by atoms with van der Waals surface area (Å²) in [5.41, 5.74) is 3.50. The van der Waals surface area contributed by atoms with Crippen LogP contribution in [-0.4, -0.2) is 19.6 Å². The highest BCUT2D eigenvalue weighted by Crippen LogP contribution is 2.29. The smallest absolute Gasteiger partial charge is 0.262 e. The topological polar surface area (TPSA) is 59.6 Å². The number of hydrogen-bond donors (Lipinski definition) is 2. The summed E-state index contributed by atoms with van der Waals surface area (Å²) in [6.07, 6.45) is 0. The molecule has 0 atom stereocenters. The van der Waals surface area contributed by atoms with Gasteiger partial charge in [-0.1, -0.05) is 41.4 Å². The number of methoxy groups -OCH3 is 1. The van der Waals surface area contributed by atoms with Crippen LogP contribution >= 0.6 is 23.2 Å². The Hall–Kier alpha value is -2.89. The number of benzene rings is 3. The fraction of sp³-hybridized carbons (Fsp3) is 0.174. The molecule has 3 rings (SSSR count). The molecule has 0 unspecified atom stereocenters. The van der Waals surface area contributed by atoms with E-state index in [0.717, 1.165) is 16.8 Å². The van der Waals surface area contributed by atoms with Crippen molar-refractivity contribution in [3.05, 3.63) is 81.8 Å². The quantitative estimate of drug-likeness (QED) is 0.451. The summed E-state index contributed by atoms with van der Waals surface area (Å²) >= 11 is 12.0. The summed E-state index contributed by atoms with van der Waals surface area (Å²) in [7, 11) is 1.56. The van der Waals surface area contributed by atoms with Crippen molar-refractivity contribution in [1.82, 2.24) is 0 Å². The van der Waals surface area contributed by atoms with Crippen LogP contribution in [0.4, 0.5) is 11.4 Å². The molecule has 3 aromatic rings. The summed E-state index contributed by atoms with van der Waals surface area (Å²) in [6.45, 7) is 2.33. The van der Waals surface area contributed by atoms with Crippen molar-refractivity contribution >= 4 is 40.5 Å². The molecule has 0 fully saturated rings. The highest BCUT2D eigenvalue weighted by molar-refractivity contribution is 6.31. The van der Waals surface area contributed by atoms with Gasteiger partial charge in [-0.2, -0.15) is 0 Å². The van der Waals surface area contributed by atoms with E-state index >= 15 is 0 Å². The lowest BCUT2D eigenvalue weighted by molar-refractivity contribution is -0.118. The Morgan fingerprint density at radius 1 is 0.967 bits per heavy atom. The van der Waals surface area contributed by atoms with Gasteiger partial charge in [-0.25, -0.2) is 0 Å². The Kier molecular flexibility index (Phi) is 7.44. The molecule has 156 valence electrons. The highest BCUT2D eigenvalue weighted by Gasteiger charge is 2.10. The van der Waals surface area contributed by atoms with Gasteiger partial charge in [0.2, 0.25) is 0 Å². The molecule has 7 heteroatoms. The molecular formula is C23H22Cl2N2O3. The number of nitrogens with one attached hydrogen (secondary N) is 2. The maximum Gasteiger partial charge on any atom is 0.262 e. The third kappa shape index (κ3) is 6.05. The van der Waals surface area contributed by atoms with Crippen LogP contribution in [0.1, 0.15) is 11.1 Å². The van der Waals surface area contributed by atoms with Gasteiger partial charge in [0.1, 0.15) is 0 Å². The van der Waals surface area contributed by atoms with Crippen molar-refractivity contribution in [3.63, 3.8) is 0 Å². The third-order valence-electron chi connectivity index (χ3n) is 4.38. The van der Waals surface area contributed by atoms with Crippen LogP contribution in [0.3, 0.4) is 0 Å². The lowest BCUT2D eigenvalue weighted by atomic mass is 10.2. The number of amides is 1. The van der Waals surface area contributed by atoms with Gasteiger partial charge in [0.05, 0.1) is 7.11 Å². The van der Waals surface area contributed by atoms with E-state index < -0.39 is 0 Å². The second-order valence-corrected chi connectivity index (χ2v) is 7.52. The summed E-state index contributed by atoms with van der Waals surface area (Å²) in [4.78, 5) is 12.3. The third-order valence-corrected chi connectivity index (χ3v) is 4.85. The van der Waals surface area contributed by atoms with Gasteiger partial charge in [0.15, 0.2) is 18.1 Å². The molecule has 5 nitrogen and oxygen atoms in total. The fourth-order valence-electron chi connectivity index (χ4n) is 2.80.